The van der Waals surface area contributed by atoms with Crippen molar-refractivity contribution in [3.05, 3.63) is 42.5 Å². The van der Waals surface area contributed by atoms with Crippen molar-refractivity contribution < 1.29 is 14.3 Å². The smallest absolute Gasteiger partial charge is 0.309 e. The first-order valence-corrected chi connectivity index (χ1v) is 12.4. The number of benzene rings is 1. The van der Waals surface area contributed by atoms with Crippen LogP contribution in [0, 0.1) is 5.92 Å². The SMILES string of the molecule is C=CCn1c(SCC(=O)N2CCC(C(=O)OCC)CC2)nnc1-c1ccc(C(C)(C)C)cc1. The summed E-state index contributed by atoms with van der Waals surface area (Å²) in [5.74, 6) is 0.832. The van der Waals surface area contributed by atoms with Gasteiger partial charge in [-0.15, -0.1) is 16.8 Å². The van der Waals surface area contributed by atoms with Crippen LogP contribution in [-0.4, -0.2) is 57.0 Å². The minimum atomic E-state index is -0.153. The third-order valence-corrected chi connectivity index (χ3v) is 6.78. The van der Waals surface area contributed by atoms with Gasteiger partial charge in [-0.3, -0.25) is 14.2 Å². The second-order valence-corrected chi connectivity index (χ2v) is 10.2. The van der Waals surface area contributed by atoms with Crippen LogP contribution in [0.15, 0.2) is 42.1 Å². The van der Waals surface area contributed by atoms with Crippen molar-refractivity contribution in [1.29, 1.82) is 0 Å². The molecule has 3 rings (SSSR count). The molecule has 1 aromatic carbocycles. The minimum absolute atomic E-state index is 0.0477. The summed E-state index contributed by atoms with van der Waals surface area (Å²) in [7, 11) is 0. The highest BCUT2D eigenvalue weighted by Crippen LogP contribution is 2.28. The lowest BCUT2D eigenvalue weighted by atomic mass is 9.87. The molecule has 0 spiro atoms. The van der Waals surface area contributed by atoms with Crippen LogP contribution in [0.25, 0.3) is 11.4 Å². The zero-order valence-corrected chi connectivity index (χ0v) is 20.9. The molecule has 178 valence electrons. The van der Waals surface area contributed by atoms with Gasteiger partial charge in [-0.1, -0.05) is 62.9 Å². The van der Waals surface area contributed by atoms with Crippen molar-refractivity contribution in [2.45, 2.75) is 57.7 Å². The third kappa shape index (κ3) is 6.25. The minimum Gasteiger partial charge on any atom is -0.466 e. The maximum atomic E-state index is 12.8. The van der Waals surface area contributed by atoms with E-state index >= 15 is 0 Å². The Bertz CT molecular complexity index is 971. The fraction of sp³-hybridized carbons (Fsp3) is 0.520. The van der Waals surface area contributed by atoms with Crippen molar-refractivity contribution in [2.24, 2.45) is 5.92 Å². The number of thioether (sulfide) groups is 1. The van der Waals surface area contributed by atoms with Gasteiger partial charge in [0.2, 0.25) is 5.91 Å². The van der Waals surface area contributed by atoms with Crippen molar-refractivity contribution >= 4 is 23.6 Å². The van der Waals surface area contributed by atoms with Crippen LogP contribution in [-0.2, 0) is 26.3 Å². The Labute approximate surface area is 200 Å². The Balaban J connectivity index is 1.64. The lowest BCUT2D eigenvalue weighted by Gasteiger charge is -2.30. The topological polar surface area (TPSA) is 77.3 Å². The highest BCUT2D eigenvalue weighted by atomic mass is 32.2. The van der Waals surface area contributed by atoms with E-state index in [-0.39, 0.29) is 29.0 Å². The summed E-state index contributed by atoms with van der Waals surface area (Å²) in [5, 5.41) is 9.45. The molecule has 0 unspecified atom stereocenters. The molecular formula is C25H34N4O3S. The van der Waals surface area contributed by atoms with E-state index < -0.39 is 0 Å². The molecule has 1 saturated heterocycles. The number of likely N-dealkylation sites (tertiary alicyclic amines) is 1. The van der Waals surface area contributed by atoms with Gasteiger partial charge >= 0.3 is 5.97 Å². The van der Waals surface area contributed by atoms with Gasteiger partial charge in [0.05, 0.1) is 18.3 Å². The highest BCUT2D eigenvalue weighted by Gasteiger charge is 2.28. The van der Waals surface area contributed by atoms with E-state index in [0.29, 0.717) is 44.2 Å². The van der Waals surface area contributed by atoms with E-state index in [4.69, 9.17) is 4.74 Å². The van der Waals surface area contributed by atoms with Crippen molar-refractivity contribution in [1.82, 2.24) is 19.7 Å². The number of aromatic nitrogens is 3. The molecule has 0 atom stereocenters. The molecule has 33 heavy (non-hydrogen) atoms. The van der Waals surface area contributed by atoms with Gasteiger partial charge in [-0.25, -0.2) is 0 Å². The lowest BCUT2D eigenvalue weighted by Crippen LogP contribution is -2.41. The quantitative estimate of drug-likeness (QED) is 0.325. The van der Waals surface area contributed by atoms with Gasteiger partial charge in [0.15, 0.2) is 11.0 Å². The number of piperidine rings is 1. The molecule has 0 bridgehead atoms. The van der Waals surface area contributed by atoms with Gasteiger partial charge in [-0.2, -0.15) is 0 Å². The summed E-state index contributed by atoms with van der Waals surface area (Å²) in [5.41, 5.74) is 2.32. The Kier molecular flexibility index (Phi) is 8.35. The van der Waals surface area contributed by atoms with Gasteiger partial charge in [0.25, 0.3) is 0 Å². The Morgan fingerprint density at radius 3 is 2.42 bits per heavy atom. The van der Waals surface area contributed by atoms with Crippen LogP contribution in [0.5, 0.6) is 0 Å². The largest absolute Gasteiger partial charge is 0.466 e. The van der Waals surface area contributed by atoms with Crippen LogP contribution in [0.4, 0.5) is 0 Å². The number of rotatable bonds is 8. The Morgan fingerprint density at radius 2 is 1.85 bits per heavy atom. The number of esters is 1. The van der Waals surface area contributed by atoms with Crippen LogP contribution >= 0.6 is 11.8 Å². The van der Waals surface area contributed by atoms with Crippen LogP contribution in [0.1, 0.15) is 46.1 Å². The van der Waals surface area contributed by atoms with Crippen LogP contribution in [0.3, 0.4) is 0 Å². The molecule has 8 heteroatoms. The summed E-state index contributed by atoms with van der Waals surface area (Å²) in [6.45, 7) is 14.3. The molecule has 1 aliphatic rings. The summed E-state index contributed by atoms with van der Waals surface area (Å²) in [6.07, 6.45) is 3.11. The van der Waals surface area contributed by atoms with Gasteiger partial charge in [0.1, 0.15) is 0 Å². The first kappa shape index (κ1) is 25.0. The van der Waals surface area contributed by atoms with E-state index in [1.165, 1.54) is 17.3 Å². The molecule has 0 aliphatic carbocycles. The third-order valence-electron chi connectivity index (χ3n) is 5.83. The number of carbonyl (C=O) groups is 2. The maximum Gasteiger partial charge on any atom is 0.309 e. The highest BCUT2D eigenvalue weighted by molar-refractivity contribution is 7.99. The predicted molar refractivity (Wildman–Crippen MR) is 131 cm³/mol. The van der Waals surface area contributed by atoms with Crippen molar-refractivity contribution in [2.75, 3.05) is 25.4 Å². The summed E-state index contributed by atoms with van der Waals surface area (Å²) in [4.78, 5) is 26.5. The molecule has 2 aromatic rings. The van der Waals surface area contributed by atoms with E-state index in [1.807, 2.05) is 22.5 Å². The zero-order valence-electron chi connectivity index (χ0n) is 20.0. The summed E-state index contributed by atoms with van der Waals surface area (Å²) < 4.78 is 7.10. The molecule has 0 saturated carbocycles. The standard InChI is InChI=1S/C25H34N4O3S/c1-6-14-29-22(18-8-10-20(11-9-18)25(3,4)5)26-27-24(29)33-17-21(30)28-15-12-19(13-16-28)23(31)32-7-2/h6,8-11,19H,1,7,12-17H2,2-5H3. The lowest BCUT2D eigenvalue weighted by molar-refractivity contribution is -0.151. The number of nitrogens with zero attached hydrogens (tertiary/aromatic N) is 4. The Morgan fingerprint density at radius 1 is 1.18 bits per heavy atom. The predicted octanol–water partition coefficient (Wildman–Crippen LogP) is 4.32. The Hall–Kier alpha value is -2.61. The maximum absolute atomic E-state index is 12.8. The molecule has 1 aromatic heterocycles. The van der Waals surface area contributed by atoms with Gasteiger partial charge in [0, 0.05) is 25.2 Å². The number of ether oxygens (including phenoxy) is 1. The molecule has 7 nitrogen and oxygen atoms in total. The summed E-state index contributed by atoms with van der Waals surface area (Å²) >= 11 is 1.39. The van der Waals surface area contributed by atoms with Gasteiger partial charge < -0.3 is 9.64 Å². The first-order valence-electron chi connectivity index (χ1n) is 11.5. The van der Waals surface area contributed by atoms with E-state index in [0.717, 1.165) is 11.4 Å². The summed E-state index contributed by atoms with van der Waals surface area (Å²) in [6, 6.07) is 8.38. The van der Waals surface area contributed by atoms with Crippen LogP contribution < -0.4 is 0 Å². The molecule has 0 N–H and O–H groups in total. The second-order valence-electron chi connectivity index (χ2n) is 9.23. The number of allylic oxidation sites excluding steroid dienone is 1. The number of amides is 1. The van der Waals surface area contributed by atoms with Crippen LogP contribution in [0.2, 0.25) is 0 Å². The van der Waals surface area contributed by atoms with E-state index in [2.05, 4.69) is 61.8 Å². The average Bonchev–Trinajstić information content (AvgIpc) is 3.20. The average molecular weight is 471 g/mol. The molecule has 1 aliphatic heterocycles. The van der Waals surface area contributed by atoms with Crippen molar-refractivity contribution in [3.63, 3.8) is 0 Å². The monoisotopic (exact) mass is 470 g/mol. The molecule has 2 heterocycles. The van der Waals surface area contributed by atoms with E-state index in [9.17, 15) is 9.59 Å². The molecule has 0 radical (unpaired) electrons. The number of hydrogen-bond acceptors (Lipinski definition) is 6. The van der Waals surface area contributed by atoms with E-state index in [1.54, 1.807) is 0 Å². The first-order chi connectivity index (χ1) is 15.7. The molecule has 1 fully saturated rings. The number of hydrogen-bond donors (Lipinski definition) is 0. The normalized spacial score (nSPS) is 14.8. The fourth-order valence-corrected chi connectivity index (χ4v) is 4.71. The van der Waals surface area contributed by atoms with Crippen molar-refractivity contribution in [3.8, 4) is 11.4 Å². The zero-order chi connectivity index (χ0) is 24.0. The number of carbonyl (C=O) groups excluding carboxylic acids is 2. The van der Waals surface area contributed by atoms with Gasteiger partial charge in [-0.05, 0) is 30.7 Å². The fourth-order valence-electron chi connectivity index (χ4n) is 3.86. The molecule has 1 amide bonds. The molecular weight excluding hydrogens is 436 g/mol. The second kappa shape index (κ2) is 11.0.